The topological polar surface area (TPSA) is 30.9 Å². The van der Waals surface area contributed by atoms with E-state index in [1.165, 1.54) is 20.8 Å². The number of para-hydroxylation sites is 5. The van der Waals surface area contributed by atoms with Gasteiger partial charge in [-0.3, -0.25) is 4.98 Å². The van der Waals surface area contributed by atoms with Gasteiger partial charge in [0.1, 0.15) is 0 Å². The monoisotopic (exact) mass is 789 g/mol. The molecule has 1 saturated carbocycles. The molecule has 2 unspecified atom stereocenters. The third-order valence-corrected chi connectivity index (χ3v) is 13.5. The molecule has 0 bridgehead atoms. The molecule has 288 valence electrons. The lowest BCUT2D eigenvalue weighted by Crippen LogP contribution is -2.54. The van der Waals surface area contributed by atoms with Gasteiger partial charge in [0, 0.05) is 67.1 Å². The van der Waals surface area contributed by atoms with Crippen LogP contribution in [0.4, 0.5) is 11.4 Å². The van der Waals surface area contributed by atoms with Crippen LogP contribution in [0.2, 0.25) is 0 Å². The number of hydrogen-bond acceptors (Lipinski definition) is 2. The van der Waals surface area contributed by atoms with E-state index >= 15 is 0 Å². The first-order valence-corrected chi connectivity index (χ1v) is 20.1. The Hall–Kier alpha value is -7.11. The minimum absolute atomic E-state index is 0.0913. The average Bonchev–Trinajstić information content (AvgIpc) is 4.36. The van der Waals surface area contributed by atoms with Crippen LogP contribution in [0.15, 0.2) is 176 Å². The summed E-state index contributed by atoms with van der Waals surface area (Å²) >= 11 is 0. The number of rotatable bonds is 4. The van der Waals surface area contributed by atoms with Crippen LogP contribution in [0.25, 0.3) is 82.5 Å². The van der Waals surface area contributed by atoms with Gasteiger partial charge in [0.05, 0.1) is 77.6 Å². The fourth-order valence-electron chi connectivity index (χ4n) is 10.7. The second kappa shape index (κ2) is 12.2. The summed E-state index contributed by atoms with van der Waals surface area (Å²) in [5, 5.41) is 1.08. The van der Waals surface area contributed by atoms with Crippen molar-refractivity contribution in [1.82, 2.24) is 18.7 Å². The fraction of sp³-hybridized carbons (Fsp3) is 0.145. The first-order chi connectivity index (χ1) is 36.2. The van der Waals surface area contributed by atoms with Crippen LogP contribution in [0.1, 0.15) is 67.0 Å². The van der Waals surface area contributed by atoms with Crippen molar-refractivity contribution >= 4 is 76.8 Å². The van der Waals surface area contributed by atoms with Crippen molar-refractivity contribution in [2.45, 2.75) is 50.5 Å². The maximum Gasteiger partial charge on any atom is 0.0645 e. The van der Waals surface area contributed by atoms with E-state index in [0.29, 0.717) is 5.69 Å². The first kappa shape index (κ1) is 21.8. The zero-order valence-electron chi connectivity index (χ0n) is 48.6. The van der Waals surface area contributed by atoms with E-state index < -0.39 is 96.7 Å². The zero-order chi connectivity index (χ0) is 53.7. The maximum atomic E-state index is 9.41. The number of pyridine rings is 1. The lowest BCUT2D eigenvalue weighted by molar-refractivity contribution is 0.194. The lowest BCUT2D eigenvalue weighted by atomic mass is 9.62. The Morgan fingerprint density at radius 1 is 0.483 bits per heavy atom. The van der Waals surface area contributed by atoms with Gasteiger partial charge < -0.3 is 18.6 Å². The average molecular weight is 790 g/mol. The highest BCUT2D eigenvalue weighted by atomic mass is 15.3. The minimum Gasteiger partial charge on any atom is -0.334 e. The maximum absolute atomic E-state index is 9.41. The van der Waals surface area contributed by atoms with Crippen molar-refractivity contribution in [2.24, 2.45) is 0 Å². The standard InChI is InChI=1S/C55H43N5/c1-54-28-13-14-29-55(54,2)60(53-27-30-56-35-46(53)54)36-25-26-52-45(34-36)44-19-7-12-24-51(44)59(52)39-32-37(57-47-20-8-3-15-40(47)41-16-4-9-21-48(41)57)31-38(33-39)58-49-22-10-5-17-42(49)43-18-6-11-23-50(43)58/h3-12,15-27,30-35H,13-14,28-29H2,1-2H3/i3D,4D,5D,6D,8D,9D,10D,11D,15D,16D,17D,18D,20D,21D,22D,23D. The van der Waals surface area contributed by atoms with Crippen molar-refractivity contribution < 1.29 is 21.9 Å². The van der Waals surface area contributed by atoms with E-state index in [1.807, 2.05) is 47.3 Å². The number of nitrogens with zero attached hydrogens (tertiary/aromatic N) is 5. The summed E-state index contributed by atoms with van der Waals surface area (Å²) in [7, 11) is 0. The van der Waals surface area contributed by atoms with E-state index in [-0.39, 0.29) is 65.9 Å². The summed E-state index contributed by atoms with van der Waals surface area (Å²) in [6.07, 6.45) is 7.94. The molecule has 2 aliphatic rings. The molecule has 60 heavy (non-hydrogen) atoms. The van der Waals surface area contributed by atoms with Crippen LogP contribution in [-0.2, 0) is 5.41 Å². The highest BCUT2D eigenvalue weighted by molar-refractivity contribution is 6.12. The molecule has 5 heterocycles. The quantitative estimate of drug-likeness (QED) is 0.178. The highest BCUT2D eigenvalue weighted by Crippen LogP contribution is 2.60. The predicted molar refractivity (Wildman–Crippen MR) is 250 cm³/mol. The molecule has 13 rings (SSSR count). The van der Waals surface area contributed by atoms with Gasteiger partial charge in [-0.05, 0) is 92.5 Å². The Balaban J connectivity index is 1.20. The Labute approximate surface area is 370 Å². The van der Waals surface area contributed by atoms with Gasteiger partial charge >= 0.3 is 0 Å². The normalized spacial score (nSPS) is 22.7. The van der Waals surface area contributed by atoms with E-state index in [1.54, 1.807) is 12.1 Å². The summed E-state index contributed by atoms with van der Waals surface area (Å²) in [6.45, 7) is 4.67. The van der Waals surface area contributed by atoms with Gasteiger partial charge in [-0.15, -0.1) is 0 Å². The third-order valence-electron chi connectivity index (χ3n) is 13.5. The molecule has 0 spiro atoms. The number of aromatic nitrogens is 4. The van der Waals surface area contributed by atoms with Gasteiger partial charge in [0.15, 0.2) is 0 Å². The first-order valence-electron chi connectivity index (χ1n) is 28.1. The molecule has 0 saturated heterocycles. The van der Waals surface area contributed by atoms with E-state index in [9.17, 15) is 11.0 Å². The second-order valence-electron chi connectivity index (χ2n) is 16.4. The molecule has 2 atom stereocenters. The van der Waals surface area contributed by atoms with Crippen LogP contribution >= 0.6 is 0 Å². The summed E-state index contributed by atoms with van der Waals surface area (Å²) in [5.74, 6) is 0. The van der Waals surface area contributed by atoms with Crippen molar-refractivity contribution in [3.8, 4) is 17.1 Å². The molecule has 1 aliphatic heterocycles. The van der Waals surface area contributed by atoms with E-state index in [0.717, 1.165) is 58.9 Å². The number of fused-ring (bicyclic) bond motifs is 12. The molecule has 7 aromatic carbocycles. The molecule has 11 aromatic rings. The van der Waals surface area contributed by atoms with Crippen LogP contribution in [0.3, 0.4) is 0 Å². The molecule has 4 aromatic heterocycles. The van der Waals surface area contributed by atoms with Crippen molar-refractivity contribution in [1.29, 1.82) is 0 Å². The van der Waals surface area contributed by atoms with E-state index in [2.05, 4.69) is 41.9 Å². The predicted octanol–water partition coefficient (Wildman–Crippen LogP) is 14.1. The molecule has 5 nitrogen and oxygen atoms in total. The summed E-state index contributed by atoms with van der Waals surface area (Å²) < 4.78 is 150. The molecule has 0 N–H and O–H groups in total. The zero-order valence-corrected chi connectivity index (χ0v) is 32.6. The van der Waals surface area contributed by atoms with E-state index in [4.69, 9.17) is 11.0 Å². The Morgan fingerprint density at radius 2 is 0.983 bits per heavy atom. The summed E-state index contributed by atoms with van der Waals surface area (Å²) in [4.78, 5) is 7.03. The largest absolute Gasteiger partial charge is 0.334 e. The molecule has 0 radical (unpaired) electrons. The SMILES string of the molecule is [2H]c1c([2H])c([2H])c2c(c1[2H])c1c([2H])c([2H])c([2H])c([2H])c1n2-c1cc(-n2c3ccccc3c3cc(N4c5ccncc5C5(C)CCCCC45C)ccc32)cc(-n2c3c([2H])c([2H])c([2H])c([2H])c3c3c([2H])c([2H])c([2H])c([2H])c32)c1. The Kier molecular flexibility index (Phi) is 4.43. The molecular weight excluding hydrogens is 731 g/mol. The smallest absolute Gasteiger partial charge is 0.0645 e. The molecule has 1 fully saturated rings. The molecular formula is C55H43N5. The van der Waals surface area contributed by atoms with Crippen LogP contribution in [-0.4, -0.2) is 24.2 Å². The molecule has 5 heteroatoms. The summed E-state index contributed by atoms with van der Waals surface area (Å²) in [5.41, 5.74) is 4.11. The van der Waals surface area contributed by atoms with Crippen molar-refractivity contribution in [2.75, 3.05) is 4.90 Å². The van der Waals surface area contributed by atoms with Crippen LogP contribution in [0, 0.1) is 0 Å². The number of hydrogen-bond donors (Lipinski definition) is 0. The Morgan fingerprint density at radius 3 is 1.57 bits per heavy atom. The van der Waals surface area contributed by atoms with Crippen molar-refractivity contribution in [3.63, 3.8) is 0 Å². The second-order valence-corrected chi connectivity index (χ2v) is 16.4. The van der Waals surface area contributed by atoms with Gasteiger partial charge in [0.2, 0.25) is 0 Å². The number of anilines is 2. The Bertz CT molecular complexity index is 4170. The van der Waals surface area contributed by atoms with Gasteiger partial charge in [-0.1, -0.05) is 110 Å². The van der Waals surface area contributed by atoms with Crippen LogP contribution < -0.4 is 4.90 Å². The van der Waals surface area contributed by atoms with Gasteiger partial charge in [-0.2, -0.15) is 0 Å². The van der Waals surface area contributed by atoms with Crippen molar-refractivity contribution in [3.05, 3.63) is 181 Å². The minimum atomic E-state index is -0.625. The lowest BCUT2D eigenvalue weighted by Gasteiger charge is -2.50. The van der Waals surface area contributed by atoms with Gasteiger partial charge in [-0.25, -0.2) is 0 Å². The third kappa shape index (κ3) is 4.39. The molecule has 1 aliphatic carbocycles. The fourth-order valence-corrected chi connectivity index (χ4v) is 10.7. The number of benzene rings is 7. The molecule has 0 amide bonds. The summed E-state index contributed by atoms with van der Waals surface area (Å²) in [6, 6.07) is 11.8. The highest BCUT2D eigenvalue weighted by Gasteiger charge is 2.57. The van der Waals surface area contributed by atoms with Crippen LogP contribution in [0.5, 0.6) is 0 Å². The van der Waals surface area contributed by atoms with Gasteiger partial charge in [0.25, 0.3) is 0 Å².